The van der Waals surface area contributed by atoms with Gasteiger partial charge in [0.1, 0.15) is 5.82 Å². The van der Waals surface area contributed by atoms with Crippen molar-refractivity contribution in [2.75, 3.05) is 13.1 Å². The first-order valence-electron chi connectivity index (χ1n) is 6.28. The van der Waals surface area contributed by atoms with Crippen molar-refractivity contribution in [1.82, 2.24) is 10.3 Å². The normalized spacial score (nSPS) is 14.1. The average Bonchev–Trinajstić information content (AvgIpc) is 2.94. The van der Waals surface area contributed by atoms with Crippen LogP contribution in [-0.4, -0.2) is 23.9 Å². The Hall–Kier alpha value is -1.55. The Balaban J connectivity index is 0.00000133. The van der Waals surface area contributed by atoms with E-state index >= 15 is 0 Å². The molecule has 0 spiro atoms. The molecule has 3 rings (SSSR count). The molecule has 2 N–H and O–H groups in total. The highest BCUT2D eigenvalue weighted by atomic mass is 35.5. The van der Waals surface area contributed by atoms with E-state index in [2.05, 4.69) is 15.3 Å². The number of nitrogens with one attached hydrogen (secondary N) is 2. The Labute approximate surface area is 117 Å². The fourth-order valence-electron chi connectivity index (χ4n) is 2.53. The Morgan fingerprint density at radius 2 is 2.16 bits per heavy atom. The molecule has 2 heterocycles. The first-order valence-corrected chi connectivity index (χ1v) is 6.28. The number of nitrogens with zero attached hydrogens (tertiary/aromatic N) is 1. The maximum absolute atomic E-state index is 13.3. The van der Waals surface area contributed by atoms with Crippen LogP contribution in [0.1, 0.15) is 17.7 Å². The van der Waals surface area contributed by atoms with Gasteiger partial charge in [0, 0.05) is 29.6 Å². The van der Waals surface area contributed by atoms with Gasteiger partial charge in [-0.25, -0.2) is 4.39 Å². The summed E-state index contributed by atoms with van der Waals surface area (Å²) in [5.41, 5.74) is 3.32. The Kier molecular flexibility index (Phi) is 4.10. The molecule has 0 radical (unpaired) electrons. The van der Waals surface area contributed by atoms with Gasteiger partial charge in [0.2, 0.25) is 0 Å². The number of hydrogen-bond acceptors (Lipinski definition) is 2. The van der Waals surface area contributed by atoms with Gasteiger partial charge < -0.3 is 10.3 Å². The molecular weight excluding hydrogens is 265 g/mol. The molecule has 1 aromatic heterocycles. The molecule has 5 heteroatoms. The zero-order chi connectivity index (χ0) is 12.5. The van der Waals surface area contributed by atoms with Crippen LogP contribution in [0.15, 0.2) is 23.2 Å². The van der Waals surface area contributed by atoms with Gasteiger partial charge in [-0.2, -0.15) is 0 Å². The predicted octanol–water partition coefficient (Wildman–Crippen LogP) is 2.97. The van der Waals surface area contributed by atoms with E-state index in [4.69, 9.17) is 0 Å². The van der Waals surface area contributed by atoms with Gasteiger partial charge in [-0.3, -0.25) is 4.99 Å². The third kappa shape index (κ3) is 2.73. The van der Waals surface area contributed by atoms with E-state index in [1.165, 1.54) is 11.6 Å². The maximum Gasteiger partial charge on any atom is 0.123 e. The summed E-state index contributed by atoms with van der Waals surface area (Å²) in [6.07, 6.45) is 1.78. The van der Waals surface area contributed by atoms with Gasteiger partial charge >= 0.3 is 0 Å². The fourth-order valence-corrected chi connectivity index (χ4v) is 2.53. The second-order valence-corrected chi connectivity index (χ2v) is 4.67. The average molecular weight is 282 g/mol. The zero-order valence-electron chi connectivity index (χ0n) is 10.8. The van der Waals surface area contributed by atoms with E-state index in [9.17, 15) is 4.39 Å². The monoisotopic (exact) mass is 281 g/mol. The van der Waals surface area contributed by atoms with E-state index in [1.807, 2.05) is 6.92 Å². The molecule has 0 atom stereocenters. The van der Waals surface area contributed by atoms with Crippen molar-refractivity contribution in [3.63, 3.8) is 0 Å². The smallest absolute Gasteiger partial charge is 0.123 e. The number of fused-ring (bicyclic) bond motifs is 1. The van der Waals surface area contributed by atoms with Crippen LogP contribution in [0.25, 0.3) is 10.9 Å². The molecular formula is C14H17ClFN3. The number of benzene rings is 1. The molecule has 0 amide bonds. The van der Waals surface area contributed by atoms with E-state index < -0.39 is 0 Å². The molecule has 19 heavy (non-hydrogen) atoms. The minimum Gasteiger partial charge on any atom is -0.372 e. The molecule has 1 aromatic carbocycles. The Morgan fingerprint density at radius 3 is 2.89 bits per heavy atom. The number of hydrogen-bond donors (Lipinski definition) is 2. The van der Waals surface area contributed by atoms with Crippen molar-refractivity contribution in [3.8, 4) is 0 Å². The summed E-state index contributed by atoms with van der Waals surface area (Å²) in [4.78, 5) is 7.69. The summed E-state index contributed by atoms with van der Waals surface area (Å²) in [5, 5.41) is 4.26. The van der Waals surface area contributed by atoms with Crippen LogP contribution in [0.2, 0.25) is 0 Å². The number of aryl methyl sites for hydroxylation is 2. The van der Waals surface area contributed by atoms with Gasteiger partial charge in [0.15, 0.2) is 0 Å². The number of amidine groups is 1. The van der Waals surface area contributed by atoms with Crippen molar-refractivity contribution in [2.24, 2.45) is 4.99 Å². The van der Waals surface area contributed by atoms with Crippen LogP contribution in [0.5, 0.6) is 0 Å². The first-order chi connectivity index (χ1) is 8.74. The molecule has 0 saturated heterocycles. The van der Waals surface area contributed by atoms with Crippen molar-refractivity contribution in [2.45, 2.75) is 19.8 Å². The van der Waals surface area contributed by atoms with Gasteiger partial charge in [0.25, 0.3) is 0 Å². The first kappa shape index (κ1) is 13.9. The predicted molar refractivity (Wildman–Crippen MR) is 78.9 cm³/mol. The van der Waals surface area contributed by atoms with Gasteiger partial charge in [-0.05, 0) is 37.1 Å². The number of aromatic amines is 1. The van der Waals surface area contributed by atoms with Crippen molar-refractivity contribution >= 4 is 29.1 Å². The Bertz CT molecular complexity index is 618. The summed E-state index contributed by atoms with van der Waals surface area (Å²) in [6, 6.07) is 4.90. The summed E-state index contributed by atoms with van der Waals surface area (Å²) >= 11 is 0. The molecule has 0 fully saturated rings. The van der Waals surface area contributed by atoms with Crippen LogP contribution in [0.3, 0.4) is 0 Å². The molecule has 0 unspecified atom stereocenters. The van der Waals surface area contributed by atoms with Crippen LogP contribution < -0.4 is 5.32 Å². The largest absolute Gasteiger partial charge is 0.372 e. The molecule has 0 bridgehead atoms. The van der Waals surface area contributed by atoms with Gasteiger partial charge in [-0.15, -0.1) is 12.4 Å². The summed E-state index contributed by atoms with van der Waals surface area (Å²) in [7, 11) is 0. The maximum atomic E-state index is 13.3. The van der Waals surface area contributed by atoms with Crippen LogP contribution in [0, 0.1) is 12.7 Å². The summed E-state index contributed by atoms with van der Waals surface area (Å²) in [6.45, 7) is 3.85. The molecule has 0 saturated carbocycles. The molecule has 1 aliphatic rings. The number of halogens is 2. The van der Waals surface area contributed by atoms with Gasteiger partial charge in [0.05, 0.1) is 12.4 Å². The highest BCUT2D eigenvalue weighted by Gasteiger charge is 2.11. The minimum atomic E-state index is -0.181. The lowest BCUT2D eigenvalue weighted by Gasteiger charge is -2.03. The molecule has 0 aliphatic carbocycles. The lowest BCUT2D eigenvalue weighted by atomic mass is 10.1. The highest BCUT2D eigenvalue weighted by Crippen LogP contribution is 2.24. The third-order valence-corrected chi connectivity index (χ3v) is 3.44. The topological polar surface area (TPSA) is 40.2 Å². The van der Waals surface area contributed by atoms with Crippen LogP contribution in [0.4, 0.5) is 4.39 Å². The van der Waals surface area contributed by atoms with Crippen LogP contribution in [-0.2, 0) is 6.42 Å². The van der Waals surface area contributed by atoms with E-state index in [0.29, 0.717) is 0 Å². The minimum absolute atomic E-state index is 0. The number of rotatable bonds is 3. The summed E-state index contributed by atoms with van der Waals surface area (Å²) in [5.74, 6) is 0.888. The zero-order valence-corrected chi connectivity index (χ0v) is 11.6. The molecule has 2 aromatic rings. The van der Waals surface area contributed by atoms with Crippen molar-refractivity contribution in [1.29, 1.82) is 0 Å². The SMILES string of the molecule is Cc1[nH]c2ccc(F)cc2c1CCC1=NCCN1.Cl. The van der Waals surface area contributed by atoms with Crippen molar-refractivity contribution < 1.29 is 4.39 Å². The van der Waals surface area contributed by atoms with E-state index in [-0.39, 0.29) is 18.2 Å². The fraction of sp³-hybridized carbons (Fsp3) is 0.357. The second kappa shape index (κ2) is 5.61. The van der Waals surface area contributed by atoms with E-state index in [0.717, 1.165) is 48.4 Å². The van der Waals surface area contributed by atoms with Crippen LogP contribution >= 0.6 is 12.4 Å². The standard InChI is InChI=1S/C14H16FN3.ClH/c1-9-11(3-5-14-16-6-7-17-14)12-8-10(15)2-4-13(12)18-9;/h2,4,8,18H,3,5-7H2,1H3,(H,16,17);1H. The molecule has 3 nitrogen and oxygen atoms in total. The lowest BCUT2D eigenvalue weighted by Crippen LogP contribution is -2.18. The Morgan fingerprint density at radius 1 is 1.32 bits per heavy atom. The number of H-pyrrole nitrogens is 1. The summed E-state index contributed by atoms with van der Waals surface area (Å²) < 4.78 is 13.3. The third-order valence-electron chi connectivity index (χ3n) is 3.44. The number of aromatic nitrogens is 1. The highest BCUT2D eigenvalue weighted by molar-refractivity contribution is 5.87. The second-order valence-electron chi connectivity index (χ2n) is 4.67. The van der Waals surface area contributed by atoms with Gasteiger partial charge in [-0.1, -0.05) is 0 Å². The molecule has 1 aliphatic heterocycles. The number of aliphatic imine (C=N–C) groups is 1. The van der Waals surface area contributed by atoms with Crippen molar-refractivity contribution in [3.05, 3.63) is 35.3 Å². The quantitative estimate of drug-likeness (QED) is 0.892. The van der Waals surface area contributed by atoms with E-state index in [1.54, 1.807) is 12.1 Å². The lowest BCUT2D eigenvalue weighted by molar-refractivity contribution is 0.629. The molecule has 102 valence electrons.